The molecule has 2 N–H and O–H groups in total. The molecule has 5 nitrogen and oxygen atoms in total. The summed E-state index contributed by atoms with van der Waals surface area (Å²) in [7, 11) is 1.65. The third-order valence-electron chi connectivity index (χ3n) is 3.78. The molecule has 0 bridgehead atoms. The maximum atomic E-state index is 12.6. The molecule has 1 amide bonds. The van der Waals surface area contributed by atoms with E-state index >= 15 is 0 Å². The summed E-state index contributed by atoms with van der Waals surface area (Å²) >= 11 is 0. The molecule has 1 fully saturated rings. The number of furan rings is 1. The van der Waals surface area contributed by atoms with Crippen LogP contribution in [0.3, 0.4) is 0 Å². The van der Waals surface area contributed by atoms with Crippen LogP contribution in [0.4, 0.5) is 0 Å². The van der Waals surface area contributed by atoms with E-state index in [9.17, 15) is 4.79 Å². The van der Waals surface area contributed by atoms with Crippen molar-refractivity contribution in [1.29, 1.82) is 0 Å². The molecule has 0 spiro atoms. The lowest BCUT2D eigenvalue weighted by molar-refractivity contribution is -0.137. The van der Waals surface area contributed by atoms with E-state index in [1.165, 1.54) is 0 Å². The van der Waals surface area contributed by atoms with Gasteiger partial charge in [-0.3, -0.25) is 4.79 Å². The fraction of sp³-hybridized carbons (Fsp3) is 0.643. The zero-order valence-electron chi connectivity index (χ0n) is 11.6. The van der Waals surface area contributed by atoms with Gasteiger partial charge in [-0.25, -0.2) is 0 Å². The molecule has 1 unspecified atom stereocenters. The first-order chi connectivity index (χ1) is 9.18. The minimum Gasteiger partial charge on any atom is -0.467 e. The number of hydrogen-bond acceptors (Lipinski definition) is 4. The quantitative estimate of drug-likeness (QED) is 0.847. The van der Waals surface area contributed by atoms with E-state index in [0.717, 1.165) is 31.7 Å². The number of hydrogen-bond donors (Lipinski definition) is 2. The van der Waals surface area contributed by atoms with Crippen molar-refractivity contribution < 1.29 is 13.9 Å². The lowest BCUT2D eigenvalue weighted by Crippen LogP contribution is -2.50. The van der Waals surface area contributed by atoms with Crippen LogP contribution < -0.4 is 10.6 Å². The van der Waals surface area contributed by atoms with Crippen molar-refractivity contribution in [2.75, 3.05) is 26.8 Å². The number of carbonyl (C=O) groups is 1. The fourth-order valence-corrected chi connectivity index (χ4v) is 2.58. The van der Waals surface area contributed by atoms with Crippen molar-refractivity contribution in [3.05, 3.63) is 24.2 Å². The highest BCUT2D eigenvalue weighted by atomic mass is 16.5. The highest BCUT2D eigenvalue weighted by Crippen LogP contribution is 2.30. The molecule has 2 rings (SSSR count). The highest BCUT2D eigenvalue weighted by molar-refractivity contribution is 5.83. The molecule has 1 aliphatic heterocycles. The molecule has 5 heteroatoms. The van der Waals surface area contributed by atoms with Gasteiger partial charge in [-0.1, -0.05) is 0 Å². The Kier molecular flexibility index (Phi) is 4.61. The second-order valence-electron chi connectivity index (χ2n) is 5.17. The van der Waals surface area contributed by atoms with Crippen LogP contribution in [-0.2, 0) is 9.53 Å². The van der Waals surface area contributed by atoms with Crippen LogP contribution in [0.15, 0.2) is 22.8 Å². The van der Waals surface area contributed by atoms with Crippen LogP contribution in [0.25, 0.3) is 0 Å². The highest BCUT2D eigenvalue weighted by Gasteiger charge is 2.40. The van der Waals surface area contributed by atoms with E-state index < -0.39 is 5.41 Å². The van der Waals surface area contributed by atoms with Crippen molar-refractivity contribution in [2.45, 2.75) is 25.8 Å². The van der Waals surface area contributed by atoms with Gasteiger partial charge in [0, 0.05) is 7.11 Å². The Morgan fingerprint density at radius 1 is 1.58 bits per heavy atom. The van der Waals surface area contributed by atoms with Gasteiger partial charge in [-0.2, -0.15) is 0 Å². The topological polar surface area (TPSA) is 63.5 Å². The Bertz CT molecular complexity index is 391. The van der Waals surface area contributed by atoms with Crippen molar-refractivity contribution in [3.8, 4) is 0 Å². The summed E-state index contributed by atoms with van der Waals surface area (Å²) in [4.78, 5) is 12.6. The third-order valence-corrected chi connectivity index (χ3v) is 3.78. The Balaban J connectivity index is 2.03. The smallest absolute Gasteiger partial charge is 0.229 e. The van der Waals surface area contributed by atoms with Crippen molar-refractivity contribution >= 4 is 5.91 Å². The average molecular weight is 266 g/mol. The number of carbonyl (C=O) groups excluding carboxylic acids is 1. The number of ether oxygens (including phenoxy) is 1. The number of nitrogens with one attached hydrogen (secondary N) is 2. The van der Waals surface area contributed by atoms with E-state index in [-0.39, 0.29) is 11.9 Å². The van der Waals surface area contributed by atoms with Gasteiger partial charge in [0.15, 0.2) is 0 Å². The molecule has 1 aromatic rings. The van der Waals surface area contributed by atoms with Gasteiger partial charge >= 0.3 is 0 Å². The molecular weight excluding hydrogens is 244 g/mol. The zero-order chi connectivity index (χ0) is 13.7. The fourth-order valence-electron chi connectivity index (χ4n) is 2.58. The van der Waals surface area contributed by atoms with E-state index in [0.29, 0.717) is 6.61 Å². The van der Waals surface area contributed by atoms with Gasteiger partial charge in [-0.15, -0.1) is 0 Å². The molecule has 2 heterocycles. The Labute approximate surface area is 113 Å². The van der Waals surface area contributed by atoms with Crippen LogP contribution in [0.5, 0.6) is 0 Å². The van der Waals surface area contributed by atoms with Crippen LogP contribution >= 0.6 is 0 Å². The number of rotatable bonds is 5. The minimum absolute atomic E-state index is 0.0553. The molecule has 0 aliphatic carbocycles. The lowest BCUT2D eigenvalue weighted by atomic mass is 9.78. The van der Waals surface area contributed by atoms with E-state index in [1.54, 1.807) is 13.4 Å². The molecule has 0 radical (unpaired) electrons. The molecule has 19 heavy (non-hydrogen) atoms. The molecule has 1 atom stereocenters. The maximum Gasteiger partial charge on any atom is 0.229 e. The summed E-state index contributed by atoms with van der Waals surface area (Å²) in [5, 5.41) is 6.32. The molecule has 0 saturated carbocycles. The van der Waals surface area contributed by atoms with Crippen molar-refractivity contribution in [1.82, 2.24) is 10.6 Å². The predicted molar refractivity (Wildman–Crippen MR) is 71.7 cm³/mol. The van der Waals surface area contributed by atoms with Gasteiger partial charge in [0.2, 0.25) is 5.91 Å². The van der Waals surface area contributed by atoms with Gasteiger partial charge < -0.3 is 19.8 Å². The van der Waals surface area contributed by atoms with Crippen molar-refractivity contribution in [2.24, 2.45) is 5.41 Å². The predicted octanol–water partition coefficient (Wildman–Crippen LogP) is 1.47. The van der Waals surface area contributed by atoms with Crippen LogP contribution in [0.2, 0.25) is 0 Å². The van der Waals surface area contributed by atoms with Gasteiger partial charge in [0.1, 0.15) is 5.76 Å². The second kappa shape index (κ2) is 6.21. The normalized spacial score (nSPS) is 19.9. The zero-order valence-corrected chi connectivity index (χ0v) is 11.6. The second-order valence-corrected chi connectivity index (χ2v) is 5.17. The summed E-state index contributed by atoms with van der Waals surface area (Å²) in [5.41, 5.74) is -0.416. The summed E-state index contributed by atoms with van der Waals surface area (Å²) < 4.78 is 10.6. The first-order valence-electron chi connectivity index (χ1n) is 6.72. The van der Waals surface area contributed by atoms with Gasteiger partial charge in [-0.05, 0) is 45.0 Å². The number of piperidine rings is 1. The maximum absolute atomic E-state index is 12.6. The average Bonchev–Trinajstić information content (AvgIpc) is 2.94. The first-order valence-corrected chi connectivity index (χ1v) is 6.72. The molecule has 0 aromatic carbocycles. The van der Waals surface area contributed by atoms with E-state index in [1.807, 2.05) is 19.1 Å². The summed E-state index contributed by atoms with van der Waals surface area (Å²) in [6, 6.07) is 3.58. The minimum atomic E-state index is -0.416. The monoisotopic (exact) mass is 266 g/mol. The molecule has 1 saturated heterocycles. The standard InChI is InChI=1S/C14H22N2O3/c1-11(12-4-3-9-19-12)16-13(17)14(10-18-2)5-7-15-8-6-14/h3-4,9,11,15H,5-8,10H2,1-2H3,(H,16,17). The Morgan fingerprint density at radius 2 is 2.32 bits per heavy atom. The van der Waals surface area contributed by atoms with Gasteiger partial charge in [0.05, 0.1) is 24.3 Å². The van der Waals surface area contributed by atoms with Gasteiger partial charge in [0.25, 0.3) is 0 Å². The van der Waals surface area contributed by atoms with Crippen LogP contribution in [0.1, 0.15) is 31.6 Å². The largest absolute Gasteiger partial charge is 0.467 e. The number of amides is 1. The third kappa shape index (κ3) is 3.16. The first kappa shape index (κ1) is 14.1. The number of methoxy groups -OCH3 is 1. The summed E-state index contributed by atoms with van der Waals surface area (Å²) in [6.07, 6.45) is 3.22. The molecule has 1 aromatic heterocycles. The Hall–Kier alpha value is -1.33. The molecular formula is C14H22N2O3. The van der Waals surface area contributed by atoms with Crippen molar-refractivity contribution in [3.63, 3.8) is 0 Å². The lowest BCUT2D eigenvalue weighted by Gasteiger charge is -2.36. The van der Waals surface area contributed by atoms with E-state index in [2.05, 4.69) is 10.6 Å². The molecule has 1 aliphatic rings. The summed E-state index contributed by atoms with van der Waals surface area (Å²) in [5.74, 6) is 0.828. The molecule has 106 valence electrons. The summed E-state index contributed by atoms with van der Waals surface area (Å²) in [6.45, 7) is 4.10. The SMILES string of the molecule is COCC1(C(=O)NC(C)c2ccco2)CCNCC1. The van der Waals surface area contributed by atoms with Crippen LogP contribution in [-0.4, -0.2) is 32.7 Å². The van der Waals surface area contributed by atoms with E-state index in [4.69, 9.17) is 9.15 Å². The Morgan fingerprint density at radius 3 is 2.89 bits per heavy atom. The van der Waals surface area contributed by atoms with Crippen LogP contribution in [0, 0.1) is 5.41 Å².